The molecule has 4 heteroatoms. The molecule has 0 amide bonds. The molecule has 0 radical (unpaired) electrons. The van der Waals surface area contributed by atoms with E-state index in [2.05, 4.69) is 69.4 Å². The number of anilines is 1. The number of nitrogens with one attached hydrogen (secondary N) is 1. The Morgan fingerprint density at radius 1 is 1.30 bits per heavy atom. The van der Waals surface area contributed by atoms with Crippen LogP contribution in [-0.2, 0) is 0 Å². The average Bonchev–Trinajstić information content (AvgIpc) is 2.44. The number of fused-ring (bicyclic) bond motifs is 1. The lowest BCUT2D eigenvalue weighted by molar-refractivity contribution is 0.190. The molecule has 0 saturated carbocycles. The second kappa shape index (κ2) is 5.70. The Morgan fingerprint density at radius 3 is 2.95 bits per heavy atom. The molecule has 1 aromatic carbocycles. The Bertz CT molecular complexity index is 614. The summed E-state index contributed by atoms with van der Waals surface area (Å²) < 4.78 is 1.12. The van der Waals surface area contributed by atoms with Gasteiger partial charge in [-0.2, -0.15) is 0 Å². The summed E-state index contributed by atoms with van der Waals surface area (Å²) in [6.07, 6.45) is 4.23. The number of hydrogen-bond acceptors (Lipinski definition) is 3. The second-order valence-electron chi connectivity index (χ2n) is 5.69. The van der Waals surface area contributed by atoms with E-state index in [-0.39, 0.29) is 0 Å². The SMILES string of the molecule is CC1CC(Nc2nccc3c(Br)cccc23)CCN1C. The van der Waals surface area contributed by atoms with E-state index in [9.17, 15) is 0 Å². The zero-order valence-corrected chi connectivity index (χ0v) is 13.5. The van der Waals surface area contributed by atoms with E-state index >= 15 is 0 Å². The number of aromatic nitrogens is 1. The minimum Gasteiger partial charge on any atom is -0.367 e. The fourth-order valence-electron chi connectivity index (χ4n) is 2.90. The van der Waals surface area contributed by atoms with Crippen LogP contribution in [0.25, 0.3) is 10.8 Å². The highest BCUT2D eigenvalue weighted by atomic mass is 79.9. The quantitative estimate of drug-likeness (QED) is 0.903. The Kier molecular flexibility index (Phi) is 3.94. The standard InChI is InChI=1S/C16H20BrN3/c1-11-10-12(7-9-20(11)2)19-16-14-4-3-5-15(17)13(14)6-8-18-16/h3-6,8,11-12H,7,9-10H2,1-2H3,(H,18,19). The van der Waals surface area contributed by atoms with Crippen LogP contribution in [0.3, 0.4) is 0 Å². The van der Waals surface area contributed by atoms with Crippen molar-refractivity contribution in [3.05, 3.63) is 34.9 Å². The number of rotatable bonds is 2. The summed E-state index contributed by atoms with van der Waals surface area (Å²) in [5.41, 5.74) is 0. The maximum atomic E-state index is 4.54. The van der Waals surface area contributed by atoms with Crippen LogP contribution in [0.4, 0.5) is 5.82 Å². The highest BCUT2D eigenvalue weighted by Crippen LogP contribution is 2.29. The monoisotopic (exact) mass is 333 g/mol. The van der Waals surface area contributed by atoms with E-state index in [0.29, 0.717) is 12.1 Å². The number of likely N-dealkylation sites (tertiary alicyclic amines) is 1. The predicted molar refractivity (Wildman–Crippen MR) is 88.2 cm³/mol. The fraction of sp³-hybridized carbons (Fsp3) is 0.438. The van der Waals surface area contributed by atoms with Gasteiger partial charge in [0.25, 0.3) is 0 Å². The molecule has 106 valence electrons. The van der Waals surface area contributed by atoms with E-state index in [1.165, 1.54) is 23.6 Å². The Hall–Kier alpha value is -1.13. The first-order chi connectivity index (χ1) is 9.65. The van der Waals surface area contributed by atoms with Gasteiger partial charge in [0, 0.05) is 40.1 Å². The topological polar surface area (TPSA) is 28.2 Å². The van der Waals surface area contributed by atoms with Crippen LogP contribution < -0.4 is 5.32 Å². The Morgan fingerprint density at radius 2 is 2.15 bits per heavy atom. The van der Waals surface area contributed by atoms with Gasteiger partial charge in [-0.05, 0) is 38.9 Å². The van der Waals surface area contributed by atoms with Crippen LogP contribution >= 0.6 is 15.9 Å². The average molecular weight is 334 g/mol. The second-order valence-corrected chi connectivity index (χ2v) is 6.54. The molecule has 0 bridgehead atoms. The fourth-order valence-corrected chi connectivity index (χ4v) is 3.40. The molecule has 1 aromatic heterocycles. The van der Waals surface area contributed by atoms with Gasteiger partial charge in [0.2, 0.25) is 0 Å². The molecule has 20 heavy (non-hydrogen) atoms. The van der Waals surface area contributed by atoms with Crippen molar-refractivity contribution in [3.8, 4) is 0 Å². The van der Waals surface area contributed by atoms with E-state index in [1.54, 1.807) is 0 Å². The van der Waals surface area contributed by atoms with Crippen molar-refractivity contribution >= 4 is 32.5 Å². The third-order valence-corrected chi connectivity index (χ3v) is 4.99. The molecule has 1 saturated heterocycles. The third-order valence-electron chi connectivity index (χ3n) is 4.30. The molecular weight excluding hydrogens is 314 g/mol. The van der Waals surface area contributed by atoms with Crippen LogP contribution in [-0.4, -0.2) is 35.6 Å². The summed E-state index contributed by atoms with van der Waals surface area (Å²) in [7, 11) is 2.20. The molecule has 2 unspecified atom stereocenters. The van der Waals surface area contributed by atoms with Crippen molar-refractivity contribution in [2.45, 2.75) is 31.8 Å². The normalized spacial score (nSPS) is 23.9. The van der Waals surface area contributed by atoms with Gasteiger partial charge in [-0.1, -0.05) is 28.1 Å². The molecule has 1 fully saturated rings. The van der Waals surface area contributed by atoms with Crippen LogP contribution in [0.15, 0.2) is 34.9 Å². The number of piperidine rings is 1. The van der Waals surface area contributed by atoms with Gasteiger partial charge < -0.3 is 10.2 Å². The van der Waals surface area contributed by atoms with Crippen molar-refractivity contribution in [1.82, 2.24) is 9.88 Å². The first-order valence-corrected chi connectivity index (χ1v) is 7.94. The maximum Gasteiger partial charge on any atom is 0.134 e. The molecule has 2 atom stereocenters. The van der Waals surface area contributed by atoms with Crippen LogP contribution in [0, 0.1) is 0 Å². The van der Waals surface area contributed by atoms with Crippen LogP contribution in [0.2, 0.25) is 0 Å². The maximum absolute atomic E-state index is 4.54. The molecule has 1 aliphatic rings. The van der Waals surface area contributed by atoms with Crippen molar-refractivity contribution < 1.29 is 0 Å². The van der Waals surface area contributed by atoms with Gasteiger partial charge >= 0.3 is 0 Å². The predicted octanol–water partition coefficient (Wildman–Crippen LogP) is 3.89. The highest BCUT2D eigenvalue weighted by molar-refractivity contribution is 9.10. The van der Waals surface area contributed by atoms with Gasteiger partial charge in [-0.25, -0.2) is 4.98 Å². The molecule has 2 aromatic rings. The van der Waals surface area contributed by atoms with Crippen molar-refractivity contribution in [2.75, 3.05) is 18.9 Å². The summed E-state index contributed by atoms with van der Waals surface area (Å²) in [5.74, 6) is 1.01. The smallest absolute Gasteiger partial charge is 0.134 e. The first kappa shape index (κ1) is 13.8. The van der Waals surface area contributed by atoms with Crippen LogP contribution in [0.1, 0.15) is 19.8 Å². The van der Waals surface area contributed by atoms with Crippen LogP contribution in [0.5, 0.6) is 0 Å². The zero-order valence-electron chi connectivity index (χ0n) is 11.9. The van der Waals surface area contributed by atoms with E-state index in [0.717, 1.165) is 16.8 Å². The van der Waals surface area contributed by atoms with Gasteiger partial charge in [-0.3, -0.25) is 0 Å². The number of pyridine rings is 1. The molecular formula is C16H20BrN3. The van der Waals surface area contributed by atoms with E-state index in [4.69, 9.17) is 0 Å². The molecule has 3 nitrogen and oxygen atoms in total. The lowest BCUT2D eigenvalue weighted by Crippen LogP contribution is -2.42. The number of nitrogens with zero attached hydrogens (tertiary/aromatic N) is 2. The van der Waals surface area contributed by atoms with Gasteiger partial charge in [-0.15, -0.1) is 0 Å². The molecule has 2 heterocycles. The summed E-state index contributed by atoms with van der Waals surface area (Å²) in [6, 6.07) is 9.47. The minimum atomic E-state index is 0.512. The lowest BCUT2D eigenvalue weighted by atomic mass is 9.99. The van der Waals surface area contributed by atoms with Crippen molar-refractivity contribution in [1.29, 1.82) is 0 Å². The van der Waals surface area contributed by atoms with E-state index < -0.39 is 0 Å². The largest absolute Gasteiger partial charge is 0.367 e. The molecule has 0 spiro atoms. The lowest BCUT2D eigenvalue weighted by Gasteiger charge is -2.35. The summed E-state index contributed by atoms with van der Waals surface area (Å²) >= 11 is 3.61. The summed E-state index contributed by atoms with van der Waals surface area (Å²) in [5, 5.41) is 6.05. The van der Waals surface area contributed by atoms with Gasteiger partial charge in [0.05, 0.1) is 0 Å². The zero-order chi connectivity index (χ0) is 14.1. The highest BCUT2D eigenvalue weighted by Gasteiger charge is 2.23. The number of halogens is 1. The van der Waals surface area contributed by atoms with Crippen molar-refractivity contribution in [3.63, 3.8) is 0 Å². The number of hydrogen-bond donors (Lipinski definition) is 1. The van der Waals surface area contributed by atoms with Gasteiger partial charge in [0.15, 0.2) is 0 Å². The molecule has 3 rings (SSSR count). The van der Waals surface area contributed by atoms with Gasteiger partial charge in [0.1, 0.15) is 5.82 Å². The third kappa shape index (κ3) is 2.67. The number of benzene rings is 1. The first-order valence-electron chi connectivity index (χ1n) is 7.15. The summed E-state index contributed by atoms with van der Waals surface area (Å²) in [4.78, 5) is 6.96. The molecule has 0 aliphatic carbocycles. The molecule has 1 N–H and O–H groups in total. The Labute approximate surface area is 128 Å². The van der Waals surface area contributed by atoms with Crippen molar-refractivity contribution in [2.24, 2.45) is 0 Å². The minimum absolute atomic E-state index is 0.512. The van der Waals surface area contributed by atoms with E-state index in [1.807, 2.05) is 6.20 Å². The molecule has 1 aliphatic heterocycles. The summed E-state index contributed by atoms with van der Waals surface area (Å²) in [6.45, 7) is 3.44. The Balaban J connectivity index is 1.86.